The number of nitrogens with one attached hydrogen (secondary N) is 1. The Kier molecular flexibility index (Phi) is 5.41. The molecule has 1 saturated heterocycles. The van der Waals surface area contributed by atoms with Crippen molar-refractivity contribution >= 4 is 5.91 Å². The fourth-order valence-electron chi connectivity index (χ4n) is 4.31. The summed E-state index contributed by atoms with van der Waals surface area (Å²) < 4.78 is 0. The first kappa shape index (κ1) is 19.9. The highest BCUT2D eigenvalue weighted by atomic mass is 16.2. The summed E-state index contributed by atoms with van der Waals surface area (Å²) in [7, 11) is 0. The fraction of sp³-hybridized carbons (Fsp3) is 0.320. The van der Waals surface area contributed by atoms with E-state index in [0.29, 0.717) is 11.5 Å². The quantitative estimate of drug-likeness (QED) is 0.682. The van der Waals surface area contributed by atoms with Gasteiger partial charge < -0.3 is 9.88 Å². The molecule has 5 heteroatoms. The molecule has 2 aromatic carbocycles. The summed E-state index contributed by atoms with van der Waals surface area (Å²) >= 11 is 0. The molecule has 1 aliphatic rings. The molecule has 1 fully saturated rings. The first-order valence-corrected chi connectivity index (χ1v) is 10.4. The van der Waals surface area contributed by atoms with Gasteiger partial charge in [-0.2, -0.15) is 5.26 Å². The summed E-state index contributed by atoms with van der Waals surface area (Å²) in [6.07, 6.45) is 1.88. The Labute approximate surface area is 177 Å². The zero-order valence-corrected chi connectivity index (χ0v) is 17.7. The minimum atomic E-state index is 0.0986. The van der Waals surface area contributed by atoms with Crippen LogP contribution in [-0.2, 0) is 0 Å². The summed E-state index contributed by atoms with van der Waals surface area (Å²) in [5, 5.41) is 8.97. The predicted octanol–water partition coefficient (Wildman–Crippen LogP) is 4.89. The average molecular weight is 399 g/mol. The third-order valence-electron chi connectivity index (χ3n) is 6.05. The van der Waals surface area contributed by atoms with E-state index in [-0.39, 0.29) is 5.91 Å². The normalized spacial score (nSPS) is 14.5. The summed E-state index contributed by atoms with van der Waals surface area (Å²) in [6.45, 7) is 7.40. The van der Waals surface area contributed by atoms with Gasteiger partial charge in [-0.05, 0) is 68.9 Å². The zero-order chi connectivity index (χ0) is 21.3. The van der Waals surface area contributed by atoms with Crippen LogP contribution in [0.2, 0.25) is 0 Å². The van der Waals surface area contributed by atoms with Crippen molar-refractivity contribution in [2.45, 2.75) is 39.5 Å². The number of piperidine rings is 1. The number of carbonyl (C=O) groups is 1. The van der Waals surface area contributed by atoms with Gasteiger partial charge in [0, 0.05) is 24.2 Å². The SMILES string of the molecule is Cc1nc(C)c(-c2ccc(C)c(C(=O)N3CCC(c4ccc(C#N)cc4)CC3)c2)[nH]1. The van der Waals surface area contributed by atoms with E-state index in [0.717, 1.165) is 59.8 Å². The number of imidazole rings is 1. The van der Waals surface area contributed by atoms with Crippen LogP contribution in [0.5, 0.6) is 0 Å². The third kappa shape index (κ3) is 3.86. The molecule has 0 unspecified atom stereocenters. The van der Waals surface area contributed by atoms with Crippen molar-refractivity contribution in [1.29, 1.82) is 5.26 Å². The highest BCUT2D eigenvalue weighted by Gasteiger charge is 2.26. The molecule has 0 aliphatic carbocycles. The smallest absolute Gasteiger partial charge is 0.254 e. The van der Waals surface area contributed by atoms with E-state index in [2.05, 4.69) is 16.0 Å². The second kappa shape index (κ2) is 8.16. The number of hydrogen-bond acceptors (Lipinski definition) is 3. The predicted molar refractivity (Wildman–Crippen MR) is 117 cm³/mol. The summed E-state index contributed by atoms with van der Waals surface area (Å²) in [6, 6.07) is 16.1. The van der Waals surface area contributed by atoms with Crippen LogP contribution >= 0.6 is 0 Å². The standard InChI is InChI=1S/C25H26N4O/c1-16-4-7-22(24-17(2)27-18(3)28-24)14-23(16)25(30)29-12-10-21(11-13-29)20-8-5-19(15-26)6-9-20/h4-9,14,21H,10-13H2,1-3H3,(H,27,28). The molecule has 30 heavy (non-hydrogen) atoms. The molecule has 0 saturated carbocycles. The highest BCUT2D eigenvalue weighted by Crippen LogP contribution is 2.30. The van der Waals surface area contributed by atoms with Crippen LogP contribution in [0.25, 0.3) is 11.3 Å². The van der Waals surface area contributed by atoms with Crippen molar-refractivity contribution in [2.24, 2.45) is 0 Å². The number of aryl methyl sites for hydroxylation is 3. The van der Waals surface area contributed by atoms with E-state index in [4.69, 9.17) is 5.26 Å². The molecule has 5 nitrogen and oxygen atoms in total. The van der Waals surface area contributed by atoms with Crippen LogP contribution in [0.4, 0.5) is 0 Å². The first-order valence-electron chi connectivity index (χ1n) is 10.4. The summed E-state index contributed by atoms with van der Waals surface area (Å²) in [5.74, 6) is 1.41. The minimum Gasteiger partial charge on any atom is -0.342 e. The third-order valence-corrected chi connectivity index (χ3v) is 6.05. The average Bonchev–Trinajstić information content (AvgIpc) is 3.11. The molecule has 1 amide bonds. The molecule has 0 spiro atoms. The van der Waals surface area contributed by atoms with E-state index in [1.54, 1.807) is 0 Å². The number of amides is 1. The van der Waals surface area contributed by atoms with Crippen molar-refractivity contribution in [3.05, 3.63) is 76.2 Å². The lowest BCUT2D eigenvalue weighted by Gasteiger charge is -2.32. The molecule has 4 rings (SSSR count). The van der Waals surface area contributed by atoms with Gasteiger partial charge in [0.25, 0.3) is 5.91 Å². The molecule has 1 aliphatic heterocycles. The van der Waals surface area contributed by atoms with Gasteiger partial charge in [-0.25, -0.2) is 4.98 Å². The second-order valence-corrected chi connectivity index (χ2v) is 8.11. The summed E-state index contributed by atoms with van der Waals surface area (Å²) in [4.78, 5) is 23.0. The van der Waals surface area contributed by atoms with Crippen molar-refractivity contribution in [1.82, 2.24) is 14.9 Å². The second-order valence-electron chi connectivity index (χ2n) is 8.11. The van der Waals surface area contributed by atoms with Gasteiger partial charge in [-0.15, -0.1) is 0 Å². The monoisotopic (exact) mass is 398 g/mol. The van der Waals surface area contributed by atoms with E-state index in [9.17, 15) is 4.79 Å². The van der Waals surface area contributed by atoms with Crippen molar-refractivity contribution in [2.75, 3.05) is 13.1 Å². The number of aromatic amines is 1. The van der Waals surface area contributed by atoms with Gasteiger partial charge in [0.05, 0.1) is 23.0 Å². The number of hydrogen-bond donors (Lipinski definition) is 1. The molecule has 0 atom stereocenters. The molecular formula is C25H26N4O. The Morgan fingerprint density at radius 2 is 1.80 bits per heavy atom. The molecule has 2 heterocycles. The lowest BCUT2D eigenvalue weighted by Crippen LogP contribution is -2.38. The number of carbonyl (C=O) groups excluding carboxylic acids is 1. The van der Waals surface area contributed by atoms with Crippen LogP contribution in [0, 0.1) is 32.1 Å². The van der Waals surface area contributed by atoms with Gasteiger partial charge in [0.15, 0.2) is 0 Å². The van der Waals surface area contributed by atoms with Crippen LogP contribution in [0.1, 0.15) is 57.3 Å². The molecule has 1 N–H and O–H groups in total. The van der Waals surface area contributed by atoms with E-state index < -0.39 is 0 Å². The number of likely N-dealkylation sites (tertiary alicyclic amines) is 1. The molecule has 152 valence electrons. The van der Waals surface area contributed by atoms with Crippen LogP contribution in [-0.4, -0.2) is 33.9 Å². The number of benzene rings is 2. The largest absolute Gasteiger partial charge is 0.342 e. The van der Waals surface area contributed by atoms with Gasteiger partial charge >= 0.3 is 0 Å². The molecular weight excluding hydrogens is 372 g/mol. The maximum absolute atomic E-state index is 13.3. The Morgan fingerprint density at radius 1 is 1.10 bits per heavy atom. The maximum atomic E-state index is 13.3. The van der Waals surface area contributed by atoms with Crippen molar-refractivity contribution < 1.29 is 4.79 Å². The van der Waals surface area contributed by atoms with E-state index in [1.165, 1.54) is 5.56 Å². The maximum Gasteiger partial charge on any atom is 0.254 e. The van der Waals surface area contributed by atoms with Crippen LogP contribution in [0.3, 0.4) is 0 Å². The minimum absolute atomic E-state index is 0.0986. The lowest BCUT2D eigenvalue weighted by molar-refractivity contribution is 0.0712. The Bertz CT molecular complexity index is 1110. The molecule has 3 aromatic rings. The number of H-pyrrole nitrogens is 1. The first-order chi connectivity index (χ1) is 14.5. The van der Waals surface area contributed by atoms with Crippen molar-refractivity contribution in [3.63, 3.8) is 0 Å². The van der Waals surface area contributed by atoms with E-state index >= 15 is 0 Å². The summed E-state index contributed by atoms with van der Waals surface area (Å²) in [5.41, 5.74) is 6.60. The number of nitriles is 1. The van der Waals surface area contributed by atoms with Gasteiger partial charge in [0.2, 0.25) is 0 Å². The van der Waals surface area contributed by atoms with Crippen molar-refractivity contribution in [3.8, 4) is 17.3 Å². The Balaban J connectivity index is 1.49. The van der Waals surface area contributed by atoms with Crippen LogP contribution < -0.4 is 0 Å². The fourth-order valence-corrected chi connectivity index (χ4v) is 4.31. The molecule has 0 bridgehead atoms. The Morgan fingerprint density at radius 3 is 2.40 bits per heavy atom. The van der Waals surface area contributed by atoms with Crippen LogP contribution in [0.15, 0.2) is 42.5 Å². The highest BCUT2D eigenvalue weighted by molar-refractivity contribution is 5.97. The topological polar surface area (TPSA) is 72.8 Å². The number of nitrogens with zero attached hydrogens (tertiary/aromatic N) is 3. The van der Waals surface area contributed by atoms with Gasteiger partial charge in [0.1, 0.15) is 5.82 Å². The van der Waals surface area contributed by atoms with Gasteiger partial charge in [-0.3, -0.25) is 4.79 Å². The number of rotatable bonds is 3. The molecule has 0 radical (unpaired) electrons. The number of aromatic nitrogens is 2. The molecule has 1 aromatic heterocycles. The van der Waals surface area contributed by atoms with Gasteiger partial charge in [-0.1, -0.05) is 24.3 Å². The lowest BCUT2D eigenvalue weighted by atomic mass is 9.88. The zero-order valence-electron chi connectivity index (χ0n) is 17.7. The Hall–Kier alpha value is -3.39. The van der Waals surface area contributed by atoms with E-state index in [1.807, 2.05) is 68.1 Å².